The number of oxime groups is 1. The van der Waals surface area contributed by atoms with Crippen LogP contribution in [0.1, 0.15) is 44.1 Å². The van der Waals surface area contributed by atoms with Crippen molar-refractivity contribution in [3.63, 3.8) is 0 Å². The molecule has 1 saturated carbocycles. The summed E-state index contributed by atoms with van der Waals surface area (Å²) in [7, 11) is 3.53. The monoisotopic (exact) mass is 316 g/mol. The maximum absolute atomic E-state index is 12.7. The molecule has 1 heterocycles. The Balaban J connectivity index is 1.65. The van der Waals surface area contributed by atoms with Crippen LogP contribution >= 0.6 is 0 Å². The van der Waals surface area contributed by atoms with E-state index in [1.807, 2.05) is 36.2 Å². The van der Waals surface area contributed by atoms with E-state index >= 15 is 0 Å². The molecule has 0 unspecified atom stereocenters. The van der Waals surface area contributed by atoms with Crippen LogP contribution in [0.15, 0.2) is 29.4 Å². The Morgan fingerprint density at radius 1 is 1.26 bits per heavy atom. The average molecular weight is 316 g/mol. The van der Waals surface area contributed by atoms with Crippen molar-refractivity contribution < 1.29 is 14.4 Å². The van der Waals surface area contributed by atoms with Crippen molar-refractivity contribution in [2.24, 2.45) is 5.16 Å². The number of carbonyl (C=O) groups is 1. The highest BCUT2D eigenvalue weighted by atomic mass is 16.6. The first-order chi connectivity index (χ1) is 11.2. The molecule has 0 spiro atoms. The van der Waals surface area contributed by atoms with Crippen LogP contribution in [-0.2, 0) is 9.63 Å². The molecule has 2 aliphatic rings. The molecule has 5 nitrogen and oxygen atoms in total. The van der Waals surface area contributed by atoms with Gasteiger partial charge in [0.25, 0.3) is 5.91 Å². The Bertz CT molecular complexity index is 594. The molecule has 0 bridgehead atoms. The molecule has 1 aromatic rings. The molecule has 3 rings (SSSR count). The minimum Gasteiger partial charge on any atom is -0.496 e. The van der Waals surface area contributed by atoms with Crippen LogP contribution in [0.2, 0.25) is 0 Å². The lowest BCUT2D eigenvalue weighted by molar-refractivity contribution is -0.143. The molecule has 1 aliphatic heterocycles. The summed E-state index contributed by atoms with van der Waals surface area (Å²) in [5, 5.41) is 4.13. The lowest BCUT2D eigenvalue weighted by Gasteiger charge is -2.32. The van der Waals surface area contributed by atoms with Crippen LogP contribution in [0.4, 0.5) is 0 Å². The molecule has 124 valence electrons. The van der Waals surface area contributed by atoms with Crippen LogP contribution in [0.3, 0.4) is 0 Å². The maximum atomic E-state index is 12.7. The molecule has 1 fully saturated rings. The quantitative estimate of drug-likeness (QED) is 0.858. The van der Waals surface area contributed by atoms with Crippen molar-refractivity contribution in [1.82, 2.24) is 4.90 Å². The highest BCUT2D eigenvalue weighted by Crippen LogP contribution is 2.27. The van der Waals surface area contributed by atoms with Crippen molar-refractivity contribution in [3.8, 4) is 5.75 Å². The number of hydrogen-bond acceptors (Lipinski definition) is 4. The number of para-hydroxylation sites is 1. The minimum absolute atomic E-state index is 0.0329. The summed E-state index contributed by atoms with van der Waals surface area (Å²) in [6, 6.07) is 8.03. The van der Waals surface area contributed by atoms with Gasteiger partial charge in [-0.25, -0.2) is 0 Å². The molecule has 0 aromatic heterocycles. The topological polar surface area (TPSA) is 51.1 Å². The molecule has 1 amide bonds. The van der Waals surface area contributed by atoms with Crippen LogP contribution in [0, 0.1) is 0 Å². The van der Waals surface area contributed by atoms with Crippen molar-refractivity contribution in [1.29, 1.82) is 0 Å². The number of nitrogens with zero attached hydrogens (tertiary/aromatic N) is 2. The van der Waals surface area contributed by atoms with Gasteiger partial charge in [0.1, 0.15) is 5.75 Å². The highest BCUT2D eigenvalue weighted by molar-refractivity contribution is 6.05. The first kappa shape index (κ1) is 15.8. The molecule has 0 N–H and O–H groups in total. The van der Waals surface area contributed by atoms with E-state index in [4.69, 9.17) is 9.57 Å². The fourth-order valence-electron chi connectivity index (χ4n) is 3.43. The Hall–Kier alpha value is -2.04. The fraction of sp³-hybridized carbons (Fsp3) is 0.556. The van der Waals surface area contributed by atoms with E-state index in [0.29, 0.717) is 12.5 Å². The van der Waals surface area contributed by atoms with Crippen LogP contribution in [0.25, 0.3) is 0 Å². The third-order valence-corrected chi connectivity index (χ3v) is 4.83. The first-order valence-electron chi connectivity index (χ1n) is 8.33. The highest BCUT2D eigenvalue weighted by Gasteiger charge is 2.34. The van der Waals surface area contributed by atoms with Gasteiger partial charge in [0.05, 0.1) is 12.8 Å². The zero-order chi connectivity index (χ0) is 16.2. The van der Waals surface area contributed by atoms with E-state index in [1.54, 1.807) is 7.11 Å². The molecule has 1 aliphatic carbocycles. The number of carbonyl (C=O) groups excluding carboxylic acids is 1. The lowest BCUT2D eigenvalue weighted by Crippen LogP contribution is -2.43. The largest absolute Gasteiger partial charge is 0.496 e. The number of hydrogen-bond donors (Lipinski definition) is 0. The standard InChI is InChI=1S/C18H24N2O3/c1-20(13-8-4-3-5-9-13)18(21)17-12-15(19-23-17)14-10-6-7-11-16(14)22-2/h6-7,10-11,13,17H,3-5,8-9,12H2,1-2H3/t17-/m1/s1. The lowest BCUT2D eigenvalue weighted by atomic mass is 9.94. The number of methoxy groups -OCH3 is 1. The minimum atomic E-state index is -0.512. The molecule has 5 heteroatoms. The second-order valence-corrected chi connectivity index (χ2v) is 6.28. The van der Waals surface area contributed by atoms with Crippen molar-refractivity contribution in [2.75, 3.05) is 14.2 Å². The van der Waals surface area contributed by atoms with Gasteiger partial charge in [-0.3, -0.25) is 4.79 Å². The van der Waals surface area contributed by atoms with Gasteiger partial charge in [-0.15, -0.1) is 0 Å². The summed E-state index contributed by atoms with van der Waals surface area (Å²) in [5.41, 5.74) is 1.67. The fourth-order valence-corrected chi connectivity index (χ4v) is 3.43. The summed E-state index contributed by atoms with van der Waals surface area (Å²) in [6.07, 6.45) is 5.86. The summed E-state index contributed by atoms with van der Waals surface area (Å²) in [4.78, 5) is 20.0. The van der Waals surface area contributed by atoms with Gasteiger partial charge in [-0.05, 0) is 25.0 Å². The maximum Gasteiger partial charge on any atom is 0.266 e. The second kappa shape index (κ2) is 7.02. The van der Waals surface area contributed by atoms with Crippen LogP contribution in [0.5, 0.6) is 5.75 Å². The number of ether oxygens (including phenoxy) is 1. The number of rotatable bonds is 4. The normalized spacial score (nSPS) is 21.5. The summed E-state index contributed by atoms with van der Waals surface area (Å²) < 4.78 is 5.36. The summed E-state index contributed by atoms with van der Waals surface area (Å²) in [5.74, 6) is 0.786. The Morgan fingerprint density at radius 3 is 2.74 bits per heavy atom. The zero-order valence-electron chi connectivity index (χ0n) is 13.8. The summed E-state index contributed by atoms with van der Waals surface area (Å²) >= 11 is 0. The van der Waals surface area contributed by atoms with E-state index in [0.717, 1.165) is 29.9 Å². The molecule has 0 radical (unpaired) electrons. The van der Waals surface area contributed by atoms with Gasteiger partial charge < -0.3 is 14.5 Å². The van der Waals surface area contributed by atoms with Gasteiger partial charge in [0.2, 0.25) is 6.10 Å². The third kappa shape index (κ3) is 3.33. The Kier molecular flexibility index (Phi) is 4.84. The van der Waals surface area contributed by atoms with Gasteiger partial charge in [0.15, 0.2) is 0 Å². The first-order valence-corrected chi connectivity index (χ1v) is 8.33. The summed E-state index contributed by atoms with van der Waals surface area (Å²) in [6.45, 7) is 0. The average Bonchev–Trinajstić information content (AvgIpc) is 3.11. The van der Waals surface area contributed by atoms with E-state index in [9.17, 15) is 4.79 Å². The van der Waals surface area contributed by atoms with Gasteiger partial charge in [0, 0.05) is 25.1 Å². The molecule has 1 aromatic carbocycles. The second-order valence-electron chi connectivity index (χ2n) is 6.28. The molecular weight excluding hydrogens is 292 g/mol. The Labute approximate surface area is 137 Å². The number of likely N-dealkylation sites (N-methyl/N-ethyl adjacent to an activating group) is 1. The van der Waals surface area contributed by atoms with E-state index < -0.39 is 6.10 Å². The molecule has 0 saturated heterocycles. The van der Waals surface area contributed by atoms with Crippen LogP contribution < -0.4 is 4.74 Å². The predicted molar refractivity (Wildman–Crippen MR) is 88.7 cm³/mol. The Morgan fingerprint density at radius 2 is 2.00 bits per heavy atom. The number of amides is 1. The van der Waals surface area contributed by atoms with E-state index in [-0.39, 0.29) is 5.91 Å². The third-order valence-electron chi connectivity index (χ3n) is 4.83. The zero-order valence-corrected chi connectivity index (χ0v) is 13.8. The van der Waals surface area contributed by atoms with Crippen molar-refractivity contribution in [2.45, 2.75) is 50.7 Å². The number of benzene rings is 1. The molecular formula is C18H24N2O3. The van der Waals surface area contributed by atoms with E-state index in [2.05, 4.69) is 5.16 Å². The molecule has 1 atom stereocenters. The molecule has 23 heavy (non-hydrogen) atoms. The SMILES string of the molecule is COc1ccccc1C1=NO[C@@H](C(=O)N(C)C2CCCCC2)C1. The van der Waals surface area contributed by atoms with Gasteiger partial charge in [-0.2, -0.15) is 0 Å². The van der Waals surface area contributed by atoms with Gasteiger partial charge >= 0.3 is 0 Å². The van der Waals surface area contributed by atoms with Gasteiger partial charge in [-0.1, -0.05) is 36.6 Å². The van der Waals surface area contributed by atoms with Crippen LogP contribution in [-0.4, -0.2) is 42.8 Å². The van der Waals surface area contributed by atoms with Crippen molar-refractivity contribution in [3.05, 3.63) is 29.8 Å². The van der Waals surface area contributed by atoms with Crippen molar-refractivity contribution >= 4 is 11.6 Å². The van der Waals surface area contributed by atoms with E-state index in [1.165, 1.54) is 19.3 Å². The predicted octanol–water partition coefficient (Wildman–Crippen LogP) is 2.98. The smallest absolute Gasteiger partial charge is 0.266 e.